The summed E-state index contributed by atoms with van der Waals surface area (Å²) in [6.07, 6.45) is 1.20. The van der Waals surface area contributed by atoms with Gasteiger partial charge >= 0.3 is 5.97 Å². The molecule has 86 valence electrons. The van der Waals surface area contributed by atoms with E-state index in [0.717, 1.165) is 6.42 Å². The van der Waals surface area contributed by atoms with Crippen molar-refractivity contribution in [3.05, 3.63) is 0 Å². The Bertz CT molecular complexity index is 242. The molecule has 0 spiro atoms. The second kappa shape index (κ2) is 5.70. The van der Waals surface area contributed by atoms with E-state index in [1.165, 1.54) is 0 Å². The van der Waals surface area contributed by atoms with E-state index in [-0.39, 0.29) is 5.91 Å². The van der Waals surface area contributed by atoms with E-state index in [1.807, 2.05) is 6.92 Å². The zero-order valence-electron chi connectivity index (χ0n) is 8.94. The Morgan fingerprint density at radius 3 is 2.93 bits per heavy atom. The van der Waals surface area contributed by atoms with Crippen molar-refractivity contribution in [1.29, 1.82) is 0 Å². The van der Waals surface area contributed by atoms with Crippen LogP contribution in [0.15, 0.2) is 0 Å². The lowest BCUT2D eigenvalue weighted by Gasteiger charge is -2.15. The van der Waals surface area contributed by atoms with Crippen molar-refractivity contribution < 1.29 is 19.4 Å². The van der Waals surface area contributed by atoms with Gasteiger partial charge in [-0.25, -0.2) is 0 Å². The van der Waals surface area contributed by atoms with Gasteiger partial charge in [0.1, 0.15) is 5.92 Å². The molecular formula is C10H17NO4. The largest absolute Gasteiger partial charge is 0.481 e. The molecule has 1 rings (SSSR count). The average Bonchev–Trinajstić information content (AvgIpc) is 2.55. The van der Waals surface area contributed by atoms with Gasteiger partial charge in [0.05, 0.1) is 0 Å². The van der Waals surface area contributed by atoms with Crippen LogP contribution in [0.2, 0.25) is 0 Å². The van der Waals surface area contributed by atoms with Crippen LogP contribution < -0.4 is 0 Å². The molecule has 1 amide bonds. The molecule has 1 heterocycles. The zero-order valence-corrected chi connectivity index (χ0v) is 8.94. The van der Waals surface area contributed by atoms with Crippen molar-refractivity contribution >= 4 is 11.9 Å². The molecule has 1 N–H and O–H groups in total. The summed E-state index contributed by atoms with van der Waals surface area (Å²) in [6, 6.07) is 0. The number of rotatable bonds is 6. The third-order valence-corrected chi connectivity index (χ3v) is 2.52. The highest BCUT2D eigenvalue weighted by molar-refractivity contribution is 5.98. The lowest BCUT2D eigenvalue weighted by atomic mass is 10.1. The molecule has 15 heavy (non-hydrogen) atoms. The molecule has 0 aromatic carbocycles. The SMILES string of the molecule is CCOCCCN1CCC(C(=O)O)C1=O. The van der Waals surface area contributed by atoms with Gasteiger partial charge in [-0.15, -0.1) is 0 Å². The number of carboxylic acids is 1. The van der Waals surface area contributed by atoms with Crippen LogP contribution in [0.5, 0.6) is 0 Å². The van der Waals surface area contributed by atoms with Crippen molar-refractivity contribution in [2.45, 2.75) is 19.8 Å². The second-order valence-electron chi connectivity index (χ2n) is 3.56. The molecule has 0 aliphatic carbocycles. The average molecular weight is 215 g/mol. The Morgan fingerprint density at radius 1 is 1.67 bits per heavy atom. The third kappa shape index (κ3) is 3.20. The van der Waals surface area contributed by atoms with Crippen LogP contribution in [-0.4, -0.2) is 48.2 Å². The van der Waals surface area contributed by atoms with E-state index in [0.29, 0.717) is 32.7 Å². The number of aliphatic carboxylic acids is 1. The maximum absolute atomic E-state index is 11.5. The predicted octanol–water partition coefficient (Wildman–Crippen LogP) is 0.346. The summed E-state index contributed by atoms with van der Waals surface area (Å²) in [5.74, 6) is -2.08. The Hall–Kier alpha value is -1.10. The monoisotopic (exact) mass is 215 g/mol. The maximum Gasteiger partial charge on any atom is 0.316 e. The van der Waals surface area contributed by atoms with E-state index >= 15 is 0 Å². The number of carboxylic acid groups (broad SMARTS) is 1. The van der Waals surface area contributed by atoms with Gasteiger partial charge in [0, 0.05) is 26.3 Å². The van der Waals surface area contributed by atoms with Crippen LogP contribution in [0.25, 0.3) is 0 Å². The first-order valence-corrected chi connectivity index (χ1v) is 5.26. The number of carbonyl (C=O) groups excluding carboxylic acids is 1. The lowest BCUT2D eigenvalue weighted by Crippen LogP contribution is -2.31. The van der Waals surface area contributed by atoms with Gasteiger partial charge in [-0.1, -0.05) is 0 Å². The maximum atomic E-state index is 11.5. The minimum Gasteiger partial charge on any atom is -0.481 e. The highest BCUT2D eigenvalue weighted by atomic mass is 16.5. The number of amides is 1. The molecule has 1 fully saturated rings. The van der Waals surface area contributed by atoms with Crippen molar-refractivity contribution in [1.82, 2.24) is 4.90 Å². The lowest BCUT2D eigenvalue weighted by molar-refractivity contribution is -0.147. The minimum atomic E-state index is -1.01. The van der Waals surface area contributed by atoms with Gasteiger partial charge in [-0.3, -0.25) is 9.59 Å². The summed E-state index contributed by atoms with van der Waals surface area (Å²) in [4.78, 5) is 23.8. The molecule has 1 unspecified atom stereocenters. The fourth-order valence-corrected chi connectivity index (χ4v) is 1.69. The smallest absolute Gasteiger partial charge is 0.316 e. The van der Waals surface area contributed by atoms with Crippen LogP contribution in [-0.2, 0) is 14.3 Å². The summed E-state index contributed by atoms with van der Waals surface area (Å²) in [5, 5.41) is 8.74. The molecule has 0 aromatic rings. The van der Waals surface area contributed by atoms with Gasteiger partial charge < -0.3 is 14.7 Å². The summed E-state index contributed by atoms with van der Waals surface area (Å²) in [5.41, 5.74) is 0. The number of ether oxygens (including phenoxy) is 1. The first kappa shape index (κ1) is 12.0. The van der Waals surface area contributed by atoms with E-state index in [1.54, 1.807) is 4.90 Å². The van der Waals surface area contributed by atoms with Crippen LogP contribution in [0.1, 0.15) is 19.8 Å². The molecular weight excluding hydrogens is 198 g/mol. The molecule has 1 aliphatic heterocycles. The first-order chi connectivity index (χ1) is 7.16. The molecule has 1 atom stereocenters. The quantitative estimate of drug-likeness (QED) is 0.512. The summed E-state index contributed by atoms with van der Waals surface area (Å²) < 4.78 is 5.15. The van der Waals surface area contributed by atoms with E-state index < -0.39 is 11.9 Å². The Kier molecular flexibility index (Phi) is 4.55. The standard InChI is InChI=1S/C10H17NO4/c1-2-15-7-3-5-11-6-4-8(9(11)12)10(13)14/h8H,2-7H2,1H3,(H,13,14). The van der Waals surface area contributed by atoms with E-state index in [4.69, 9.17) is 9.84 Å². The predicted molar refractivity (Wildman–Crippen MR) is 53.4 cm³/mol. The third-order valence-electron chi connectivity index (χ3n) is 2.52. The van der Waals surface area contributed by atoms with Crippen molar-refractivity contribution in [2.75, 3.05) is 26.3 Å². The second-order valence-corrected chi connectivity index (χ2v) is 3.56. The Balaban J connectivity index is 2.27. The van der Waals surface area contributed by atoms with Crippen molar-refractivity contribution in [3.8, 4) is 0 Å². The zero-order chi connectivity index (χ0) is 11.3. The summed E-state index contributed by atoms with van der Waals surface area (Å²) in [6.45, 7) is 4.37. The highest BCUT2D eigenvalue weighted by Gasteiger charge is 2.36. The van der Waals surface area contributed by atoms with Gasteiger partial charge in [-0.2, -0.15) is 0 Å². The fraction of sp³-hybridized carbons (Fsp3) is 0.800. The van der Waals surface area contributed by atoms with Crippen molar-refractivity contribution in [2.24, 2.45) is 5.92 Å². The summed E-state index contributed by atoms with van der Waals surface area (Å²) in [7, 11) is 0. The van der Waals surface area contributed by atoms with Crippen LogP contribution >= 0.6 is 0 Å². The molecule has 1 aliphatic rings. The first-order valence-electron chi connectivity index (χ1n) is 5.26. The normalized spacial score (nSPS) is 21.0. The van der Waals surface area contributed by atoms with Gasteiger partial charge in [0.15, 0.2) is 0 Å². The molecule has 0 aromatic heterocycles. The number of likely N-dealkylation sites (tertiary alicyclic amines) is 1. The van der Waals surface area contributed by atoms with Crippen LogP contribution in [0, 0.1) is 5.92 Å². The van der Waals surface area contributed by atoms with E-state index in [2.05, 4.69) is 0 Å². The summed E-state index contributed by atoms with van der Waals surface area (Å²) >= 11 is 0. The Labute approximate surface area is 89.0 Å². The van der Waals surface area contributed by atoms with Gasteiger partial charge in [-0.05, 0) is 19.8 Å². The topological polar surface area (TPSA) is 66.8 Å². The minimum absolute atomic E-state index is 0.251. The molecule has 0 radical (unpaired) electrons. The molecule has 1 saturated heterocycles. The van der Waals surface area contributed by atoms with Gasteiger partial charge in [0.2, 0.25) is 5.91 Å². The van der Waals surface area contributed by atoms with Crippen LogP contribution in [0.3, 0.4) is 0 Å². The van der Waals surface area contributed by atoms with Crippen molar-refractivity contribution in [3.63, 3.8) is 0 Å². The molecule has 5 nitrogen and oxygen atoms in total. The number of carbonyl (C=O) groups is 2. The fourth-order valence-electron chi connectivity index (χ4n) is 1.69. The number of nitrogens with zero attached hydrogens (tertiary/aromatic N) is 1. The number of hydrogen-bond acceptors (Lipinski definition) is 3. The van der Waals surface area contributed by atoms with E-state index in [9.17, 15) is 9.59 Å². The molecule has 0 saturated carbocycles. The van der Waals surface area contributed by atoms with Gasteiger partial charge in [0.25, 0.3) is 0 Å². The molecule has 5 heteroatoms. The number of hydrogen-bond donors (Lipinski definition) is 1. The Morgan fingerprint density at radius 2 is 2.40 bits per heavy atom. The highest BCUT2D eigenvalue weighted by Crippen LogP contribution is 2.18. The molecule has 0 bridgehead atoms. The van der Waals surface area contributed by atoms with Crippen LogP contribution in [0.4, 0.5) is 0 Å².